The van der Waals surface area contributed by atoms with Crippen LogP contribution in [-0.2, 0) is 6.54 Å². The summed E-state index contributed by atoms with van der Waals surface area (Å²) in [6.07, 6.45) is 0. The van der Waals surface area contributed by atoms with Crippen LogP contribution >= 0.6 is 11.3 Å². The topological polar surface area (TPSA) is 45.6 Å². The van der Waals surface area contributed by atoms with E-state index in [4.69, 9.17) is 0 Å². The summed E-state index contributed by atoms with van der Waals surface area (Å²) in [5, 5.41) is 3.06. The van der Waals surface area contributed by atoms with E-state index in [0.29, 0.717) is 31.9 Å². The lowest BCUT2D eigenvalue weighted by molar-refractivity contribution is 0.0407. The van der Waals surface area contributed by atoms with E-state index in [1.807, 2.05) is 35.9 Å². The van der Waals surface area contributed by atoms with Crippen LogP contribution in [0, 0.1) is 5.82 Å². The number of nitrogens with zero attached hydrogens (tertiary/aromatic N) is 3. The van der Waals surface area contributed by atoms with Crippen LogP contribution in [0.3, 0.4) is 0 Å². The molecule has 3 aromatic rings. The van der Waals surface area contributed by atoms with Gasteiger partial charge in [-0.25, -0.2) is 4.39 Å². The van der Waals surface area contributed by atoms with Crippen LogP contribution in [0.1, 0.15) is 34.7 Å². The maximum Gasteiger partial charge on any atom is 0.270 e. The molecule has 1 atom stereocenters. The summed E-state index contributed by atoms with van der Waals surface area (Å²) >= 11 is 1.61. The van der Waals surface area contributed by atoms with Gasteiger partial charge in [-0.15, -0.1) is 11.3 Å². The van der Waals surface area contributed by atoms with Crippen LogP contribution < -0.4 is 0 Å². The number of hydrogen-bond donors (Lipinski definition) is 0. The molecule has 0 N–H and O–H groups in total. The fourth-order valence-electron chi connectivity index (χ4n) is 3.97. The molecular weight excluding hydrogens is 401 g/mol. The summed E-state index contributed by atoms with van der Waals surface area (Å²) in [5.41, 5.74) is 1.68. The van der Waals surface area contributed by atoms with E-state index in [9.17, 15) is 14.0 Å². The van der Waals surface area contributed by atoms with Crippen LogP contribution in [0.25, 0.3) is 10.2 Å². The van der Waals surface area contributed by atoms with Crippen molar-refractivity contribution in [3.63, 3.8) is 0 Å². The predicted molar refractivity (Wildman–Crippen MR) is 117 cm³/mol. The van der Waals surface area contributed by atoms with Gasteiger partial charge in [-0.2, -0.15) is 0 Å². The lowest BCUT2D eigenvalue weighted by atomic mass is 10.1. The molecule has 3 heterocycles. The highest BCUT2D eigenvalue weighted by atomic mass is 32.1. The van der Waals surface area contributed by atoms with Gasteiger partial charge < -0.3 is 14.4 Å². The van der Waals surface area contributed by atoms with Crippen LogP contribution in [-0.4, -0.2) is 51.9 Å². The summed E-state index contributed by atoms with van der Waals surface area (Å²) in [7, 11) is 0. The van der Waals surface area contributed by atoms with Crippen molar-refractivity contribution in [2.45, 2.75) is 26.4 Å². The average molecular weight is 426 g/mol. The quantitative estimate of drug-likeness (QED) is 0.582. The summed E-state index contributed by atoms with van der Waals surface area (Å²) in [5.74, 6) is -0.908. The van der Waals surface area contributed by atoms with Gasteiger partial charge >= 0.3 is 0 Å². The number of carbonyl (C=O) groups excluding carboxylic acids is 2. The summed E-state index contributed by atoms with van der Waals surface area (Å²) in [6.45, 7) is 9.62. The van der Waals surface area contributed by atoms with Gasteiger partial charge in [0.05, 0.1) is 5.56 Å². The van der Waals surface area contributed by atoms with E-state index >= 15 is 0 Å². The van der Waals surface area contributed by atoms with E-state index in [1.54, 1.807) is 33.3 Å². The van der Waals surface area contributed by atoms with Crippen molar-refractivity contribution < 1.29 is 14.0 Å². The highest BCUT2D eigenvalue weighted by molar-refractivity contribution is 7.16. The summed E-state index contributed by atoms with van der Waals surface area (Å²) in [4.78, 5) is 30.6. The van der Waals surface area contributed by atoms with Crippen molar-refractivity contribution in [2.24, 2.45) is 0 Å². The number of allylic oxidation sites excluding steroid dienone is 1. The smallest absolute Gasteiger partial charge is 0.270 e. The highest BCUT2D eigenvalue weighted by Gasteiger charge is 2.32. The van der Waals surface area contributed by atoms with Gasteiger partial charge in [0, 0.05) is 37.6 Å². The molecule has 7 heteroatoms. The SMILES string of the molecule is C=C(C)Cn1c(C(=O)N2CCN(C(=O)c3ccccc3F)C(C)C2)cc2ccsc21. The zero-order chi connectivity index (χ0) is 21.4. The number of benzene rings is 1. The van der Waals surface area contributed by atoms with Crippen LogP contribution in [0.15, 0.2) is 53.9 Å². The lowest BCUT2D eigenvalue weighted by Gasteiger charge is -2.40. The number of rotatable bonds is 4. The molecule has 0 radical (unpaired) electrons. The molecule has 156 valence electrons. The Bertz CT molecular complexity index is 1130. The van der Waals surface area contributed by atoms with Crippen molar-refractivity contribution in [1.82, 2.24) is 14.4 Å². The molecule has 1 aliphatic rings. The van der Waals surface area contributed by atoms with E-state index < -0.39 is 5.82 Å². The molecule has 2 aromatic heterocycles. The first-order valence-electron chi connectivity index (χ1n) is 9.92. The van der Waals surface area contributed by atoms with Gasteiger partial charge in [0.1, 0.15) is 16.3 Å². The third kappa shape index (κ3) is 3.65. The molecule has 0 bridgehead atoms. The second kappa shape index (κ2) is 8.07. The van der Waals surface area contributed by atoms with Crippen molar-refractivity contribution in [3.05, 3.63) is 71.0 Å². The molecule has 1 aromatic carbocycles. The van der Waals surface area contributed by atoms with Crippen LogP contribution in [0.4, 0.5) is 4.39 Å². The maximum absolute atomic E-state index is 14.0. The molecule has 0 aliphatic carbocycles. The predicted octanol–water partition coefficient (Wildman–Crippen LogP) is 4.40. The standard InChI is InChI=1S/C23H24FN3O2S/c1-15(2)13-27-20(12-17-8-11-30-23(17)27)22(29)25-9-10-26(16(3)14-25)21(28)18-6-4-5-7-19(18)24/h4-8,11-12,16H,1,9-10,13-14H2,2-3H3. The van der Waals surface area contributed by atoms with E-state index in [1.165, 1.54) is 12.1 Å². The second-order valence-electron chi connectivity index (χ2n) is 7.83. The van der Waals surface area contributed by atoms with Gasteiger partial charge in [0.25, 0.3) is 11.8 Å². The number of aromatic nitrogens is 1. The number of thiophene rings is 1. The molecule has 1 saturated heterocycles. The number of halogens is 1. The Morgan fingerprint density at radius 3 is 2.67 bits per heavy atom. The second-order valence-corrected chi connectivity index (χ2v) is 8.73. The normalized spacial score (nSPS) is 16.8. The highest BCUT2D eigenvalue weighted by Crippen LogP contribution is 2.28. The Kier molecular flexibility index (Phi) is 5.47. The van der Waals surface area contributed by atoms with Crippen molar-refractivity contribution in [3.8, 4) is 0 Å². The minimum atomic E-state index is -0.522. The molecule has 0 spiro atoms. The van der Waals surface area contributed by atoms with Crippen molar-refractivity contribution in [2.75, 3.05) is 19.6 Å². The minimum Gasteiger partial charge on any atom is -0.334 e. The third-order valence-electron chi connectivity index (χ3n) is 5.43. The van der Waals surface area contributed by atoms with Crippen LogP contribution in [0.5, 0.6) is 0 Å². The number of hydrogen-bond acceptors (Lipinski definition) is 3. The number of amides is 2. The molecule has 4 rings (SSSR count). The van der Waals surface area contributed by atoms with Crippen LogP contribution in [0.2, 0.25) is 0 Å². The Labute approximate surface area is 179 Å². The Morgan fingerprint density at radius 2 is 1.97 bits per heavy atom. The zero-order valence-corrected chi connectivity index (χ0v) is 17.9. The van der Waals surface area contributed by atoms with Crippen molar-refractivity contribution in [1.29, 1.82) is 0 Å². The molecule has 1 aliphatic heterocycles. The van der Waals surface area contributed by atoms with E-state index in [-0.39, 0.29) is 23.4 Å². The number of carbonyl (C=O) groups is 2. The Balaban J connectivity index is 1.54. The first-order valence-corrected chi connectivity index (χ1v) is 10.8. The third-order valence-corrected chi connectivity index (χ3v) is 6.38. The summed E-state index contributed by atoms with van der Waals surface area (Å²) in [6, 6.07) is 9.75. The molecule has 0 saturated carbocycles. The van der Waals surface area contributed by atoms with Gasteiger partial charge in [0.2, 0.25) is 0 Å². The fraction of sp³-hybridized carbons (Fsp3) is 0.304. The molecule has 2 amide bonds. The lowest BCUT2D eigenvalue weighted by Crippen LogP contribution is -2.55. The largest absolute Gasteiger partial charge is 0.334 e. The van der Waals surface area contributed by atoms with Gasteiger partial charge in [0.15, 0.2) is 0 Å². The molecule has 30 heavy (non-hydrogen) atoms. The molecule has 5 nitrogen and oxygen atoms in total. The van der Waals surface area contributed by atoms with E-state index in [2.05, 4.69) is 6.58 Å². The van der Waals surface area contributed by atoms with Crippen molar-refractivity contribution >= 4 is 33.4 Å². The zero-order valence-electron chi connectivity index (χ0n) is 17.1. The van der Waals surface area contributed by atoms with Gasteiger partial charge in [-0.3, -0.25) is 9.59 Å². The molecule has 1 fully saturated rings. The molecule has 1 unspecified atom stereocenters. The monoisotopic (exact) mass is 425 g/mol. The Morgan fingerprint density at radius 1 is 1.20 bits per heavy atom. The maximum atomic E-state index is 14.0. The number of piperazine rings is 1. The minimum absolute atomic E-state index is 0.0514. The van der Waals surface area contributed by atoms with Gasteiger partial charge in [-0.1, -0.05) is 24.3 Å². The van der Waals surface area contributed by atoms with Gasteiger partial charge in [-0.05, 0) is 43.5 Å². The van der Waals surface area contributed by atoms with E-state index in [0.717, 1.165) is 15.8 Å². The Hall–Kier alpha value is -2.93. The first kappa shape index (κ1) is 20.3. The fourth-order valence-corrected chi connectivity index (χ4v) is 4.87. The number of fused-ring (bicyclic) bond motifs is 1. The first-order chi connectivity index (χ1) is 14.4. The molecular formula is C23H24FN3O2S. The summed E-state index contributed by atoms with van der Waals surface area (Å²) < 4.78 is 16.1. The average Bonchev–Trinajstić information content (AvgIpc) is 3.29.